The lowest BCUT2D eigenvalue weighted by molar-refractivity contribution is -0.122. The molecule has 2 aromatic carbocycles. The van der Waals surface area contributed by atoms with Gasteiger partial charge in [-0.3, -0.25) is 14.9 Å². The molecule has 0 radical (unpaired) electrons. The summed E-state index contributed by atoms with van der Waals surface area (Å²) >= 11 is 0. The maximum atomic E-state index is 12.9. The molecule has 4 rings (SSSR count). The minimum Gasteiger partial charge on any atom is -0.478 e. The first-order valence-electron chi connectivity index (χ1n) is 9.25. The van der Waals surface area contributed by atoms with Gasteiger partial charge in [0.2, 0.25) is 0 Å². The quantitative estimate of drug-likeness (QED) is 0.496. The Hall–Kier alpha value is -4.46. The number of hydrogen-bond donors (Lipinski definition) is 2. The summed E-state index contributed by atoms with van der Waals surface area (Å²) in [5.74, 6) is -2.10. The molecule has 1 fully saturated rings. The Morgan fingerprint density at radius 2 is 1.81 bits per heavy atom. The monoisotopic (exact) mass is 416 g/mol. The number of carbonyl (C=O) groups excluding carboxylic acids is 3. The molecule has 2 heterocycles. The van der Waals surface area contributed by atoms with E-state index in [0.717, 1.165) is 10.5 Å². The Morgan fingerprint density at radius 1 is 1.03 bits per heavy atom. The van der Waals surface area contributed by atoms with Gasteiger partial charge in [-0.1, -0.05) is 24.3 Å². The molecule has 0 spiro atoms. The maximum Gasteiger partial charge on any atom is 0.335 e. The maximum absolute atomic E-state index is 12.9. The number of furan rings is 1. The number of amides is 4. The molecule has 3 aromatic rings. The molecule has 0 aliphatic carbocycles. The Morgan fingerprint density at radius 3 is 2.55 bits per heavy atom. The number of imide groups is 2. The van der Waals surface area contributed by atoms with Crippen LogP contribution >= 0.6 is 0 Å². The standard InChI is InChI=1S/C23H16N2O6/c1-13-4-2-7-16(10-13)25-21(27)18(20(26)24-23(25)30)12-17-8-9-19(31-17)14-5-3-6-15(11-14)22(28)29/h2-12H,1H3,(H,28,29)(H,24,26,30)/b18-12+. The van der Waals surface area contributed by atoms with E-state index < -0.39 is 23.8 Å². The minimum atomic E-state index is -1.07. The van der Waals surface area contributed by atoms with Crippen molar-refractivity contribution in [2.24, 2.45) is 0 Å². The minimum absolute atomic E-state index is 0.1000. The Labute approximate surface area is 176 Å². The van der Waals surface area contributed by atoms with Gasteiger partial charge in [0.1, 0.15) is 17.1 Å². The van der Waals surface area contributed by atoms with E-state index >= 15 is 0 Å². The van der Waals surface area contributed by atoms with Crippen LogP contribution in [0.4, 0.5) is 10.5 Å². The average Bonchev–Trinajstić information content (AvgIpc) is 3.20. The first kappa shape index (κ1) is 19.8. The van der Waals surface area contributed by atoms with Crippen LogP contribution in [-0.2, 0) is 9.59 Å². The van der Waals surface area contributed by atoms with Crippen LogP contribution in [0.25, 0.3) is 17.4 Å². The molecule has 0 unspecified atom stereocenters. The number of hydrogen-bond acceptors (Lipinski definition) is 5. The topological polar surface area (TPSA) is 117 Å². The number of carbonyl (C=O) groups is 4. The molecule has 1 aliphatic rings. The van der Waals surface area contributed by atoms with E-state index in [0.29, 0.717) is 17.0 Å². The number of aryl methyl sites for hydroxylation is 1. The summed E-state index contributed by atoms with van der Waals surface area (Å²) in [6, 6.07) is 15.3. The Bertz CT molecular complexity index is 1270. The number of benzene rings is 2. The van der Waals surface area contributed by atoms with Crippen LogP contribution in [0.1, 0.15) is 21.7 Å². The number of nitrogens with one attached hydrogen (secondary N) is 1. The van der Waals surface area contributed by atoms with Crippen molar-refractivity contribution in [2.75, 3.05) is 4.90 Å². The highest BCUT2D eigenvalue weighted by molar-refractivity contribution is 6.39. The van der Waals surface area contributed by atoms with Crippen LogP contribution < -0.4 is 10.2 Å². The predicted molar refractivity (Wildman–Crippen MR) is 111 cm³/mol. The van der Waals surface area contributed by atoms with Crippen molar-refractivity contribution in [1.82, 2.24) is 5.32 Å². The third-order valence-electron chi connectivity index (χ3n) is 4.67. The smallest absolute Gasteiger partial charge is 0.335 e. The van der Waals surface area contributed by atoms with Gasteiger partial charge in [0.15, 0.2) is 0 Å². The van der Waals surface area contributed by atoms with Gasteiger partial charge in [-0.05, 0) is 55.0 Å². The van der Waals surface area contributed by atoms with Crippen LogP contribution in [0.5, 0.6) is 0 Å². The Balaban J connectivity index is 1.67. The van der Waals surface area contributed by atoms with E-state index in [1.165, 1.54) is 18.2 Å². The molecule has 0 bridgehead atoms. The number of carboxylic acids is 1. The van der Waals surface area contributed by atoms with Crippen molar-refractivity contribution < 1.29 is 28.7 Å². The molecule has 1 saturated heterocycles. The van der Waals surface area contributed by atoms with Crippen molar-refractivity contribution in [1.29, 1.82) is 0 Å². The number of nitrogens with zero attached hydrogens (tertiary/aromatic N) is 1. The lowest BCUT2D eigenvalue weighted by atomic mass is 10.1. The molecule has 0 atom stereocenters. The molecule has 8 heteroatoms. The van der Waals surface area contributed by atoms with Crippen LogP contribution in [-0.4, -0.2) is 28.9 Å². The summed E-state index contributed by atoms with van der Waals surface area (Å²) in [6.07, 6.45) is 1.25. The van der Waals surface area contributed by atoms with E-state index in [9.17, 15) is 19.2 Å². The van der Waals surface area contributed by atoms with Gasteiger partial charge >= 0.3 is 12.0 Å². The fourth-order valence-electron chi connectivity index (χ4n) is 3.19. The van der Waals surface area contributed by atoms with Crippen molar-refractivity contribution in [2.45, 2.75) is 6.92 Å². The third-order valence-corrected chi connectivity index (χ3v) is 4.67. The van der Waals surface area contributed by atoms with Gasteiger partial charge < -0.3 is 9.52 Å². The summed E-state index contributed by atoms with van der Waals surface area (Å²) in [7, 11) is 0. The van der Waals surface area contributed by atoms with Crippen molar-refractivity contribution in [3.8, 4) is 11.3 Å². The summed E-state index contributed by atoms with van der Waals surface area (Å²) in [4.78, 5) is 49.6. The van der Waals surface area contributed by atoms with Gasteiger partial charge in [0.05, 0.1) is 11.3 Å². The number of rotatable bonds is 4. The second-order valence-corrected chi connectivity index (χ2v) is 6.88. The van der Waals surface area contributed by atoms with Gasteiger partial charge in [-0.25, -0.2) is 14.5 Å². The number of carboxylic acid groups (broad SMARTS) is 1. The molecule has 1 aromatic heterocycles. The van der Waals surface area contributed by atoms with E-state index in [-0.39, 0.29) is 16.9 Å². The second-order valence-electron chi connectivity index (χ2n) is 6.88. The van der Waals surface area contributed by atoms with Gasteiger partial charge in [-0.15, -0.1) is 0 Å². The molecule has 8 nitrogen and oxygen atoms in total. The number of anilines is 1. The summed E-state index contributed by atoms with van der Waals surface area (Å²) in [5.41, 5.74) is 1.55. The normalized spacial score (nSPS) is 15.3. The van der Waals surface area contributed by atoms with Crippen LogP contribution in [0.2, 0.25) is 0 Å². The predicted octanol–water partition coefficient (Wildman–Crippen LogP) is 3.62. The number of barbiturate groups is 1. The van der Waals surface area contributed by atoms with E-state index in [1.807, 2.05) is 13.0 Å². The van der Waals surface area contributed by atoms with Crippen molar-refractivity contribution in [3.05, 3.63) is 83.1 Å². The highest BCUT2D eigenvalue weighted by Gasteiger charge is 2.37. The first-order chi connectivity index (χ1) is 14.8. The first-order valence-corrected chi connectivity index (χ1v) is 9.25. The zero-order valence-electron chi connectivity index (χ0n) is 16.3. The highest BCUT2D eigenvalue weighted by atomic mass is 16.4. The lowest BCUT2D eigenvalue weighted by Gasteiger charge is -2.26. The van der Waals surface area contributed by atoms with Crippen LogP contribution in [0.3, 0.4) is 0 Å². The second kappa shape index (κ2) is 7.75. The van der Waals surface area contributed by atoms with E-state index in [4.69, 9.17) is 9.52 Å². The third kappa shape index (κ3) is 3.86. The summed E-state index contributed by atoms with van der Waals surface area (Å²) in [6.45, 7) is 1.82. The van der Waals surface area contributed by atoms with Gasteiger partial charge in [0.25, 0.3) is 11.8 Å². The van der Waals surface area contributed by atoms with E-state index in [1.54, 1.807) is 42.5 Å². The van der Waals surface area contributed by atoms with Gasteiger partial charge in [-0.2, -0.15) is 0 Å². The molecular formula is C23H16N2O6. The summed E-state index contributed by atoms with van der Waals surface area (Å²) in [5, 5.41) is 11.3. The van der Waals surface area contributed by atoms with E-state index in [2.05, 4.69) is 5.32 Å². The molecule has 1 aliphatic heterocycles. The highest BCUT2D eigenvalue weighted by Crippen LogP contribution is 2.26. The molecule has 154 valence electrons. The van der Waals surface area contributed by atoms with Gasteiger partial charge in [0, 0.05) is 5.56 Å². The molecule has 31 heavy (non-hydrogen) atoms. The average molecular weight is 416 g/mol. The molecule has 2 N–H and O–H groups in total. The molecule has 0 saturated carbocycles. The molecule has 4 amide bonds. The van der Waals surface area contributed by atoms with Crippen LogP contribution in [0, 0.1) is 6.92 Å². The Kier molecular flexibility index (Phi) is 4.96. The zero-order chi connectivity index (χ0) is 22.1. The van der Waals surface area contributed by atoms with Crippen molar-refractivity contribution >= 4 is 35.6 Å². The SMILES string of the molecule is Cc1cccc(N2C(=O)NC(=O)/C(=C\c3ccc(-c4cccc(C(=O)O)c4)o3)C2=O)c1. The fourth-order valence-corrected chi connectivity index (χ4v) is 3.19. The largest absolute Gasteiger partial charge is 0.478 e. The lowest BCUT2D eigenvalue weighted by Crippen LogP contribution is -2.54. The zero-order valence-corrected chi connectivity index (χ0v) is 16.3. The molecular weight excluding hydrogens is 400 g/mol. The van der Waals surface area contributed by atoms with Crippen molar-refractivity contribution in [3.63, 3.8) is 0 Å². The number of urea groups is 1. The fraction of sp³-hybridized carbons (Fsp3) is 0.0435. The summed E-state index contributed by atoms with van der Waals surface area (Å²) < 4.78 is 5.69. The van der Waals surface area contributed by atoms with Crippen LogP contribution in [0.15, 0.2) is 70.7 Å². The number of aromatic carboxylic acids is 1.